The molecule has 0 fully saturated rings. The second kappa shape index (κ2) is 5.44. The molecule has 0 saturated carbocycles. The Kier molecular flexibility index (Phi) is 3.72. The highest BCUT2D eigenvalue weighted by Crippen LogP contribution is 2.23. The average molecular weight is 249 g/mol. The van der Waals surface area contributed by atoms with Crippen LogP contribution < -0.4 is 11.1 Å². The van der Waals surface area contributed by atoms with Crippen molar-refractivity contribution in [2.24, 2.45) is 0 Å². The molecule has 0 amide bonds. The number of nitrogen functional groups attached to an aromatic ring is 1. The second-order valence-electron chi connectivity index (χ2n) is 3.88. The lowest BCUT2D eigenvalue weighted by molar-refractivity contribution is 0.587. The fourth-order valence-corrected chi connectivity index (χ4v) is 1.62. The zero-order valence-corrected chi connectivity index (χ0v) is 9.66. The molecule has 0 spiro atoms. The van der Waals surface area contributed by atoms with Crippen molar-refractivity contribution in [1.82, 2.24) is 4.98 Å². The molecule has 0 aliphatic carbocycles. The maximum atomic E-state index is 13.2. The first-order valence-corrected chi connectivity index (χ1v) is 5.54. The molecule has 3 N–H and O–H groups in total. The third-order valence-corrected chi connectivity index (χ3v) is 2.57. The average Bonchev–Trinajstić information content (AvgIpc) is 2.36. The van der Waals surface area contributed by atoms with E-state index in [1.54, 1.807) is 12.4 Å². The van der Waals surface area contributed by atoms with Gasteiger partial charge in [-0.3, -0.25) is 4.98 Å². The maximum Gasteiger partial charge on any atom is 0.151 e. The number of nitrogens with one attached hydrogen (secondary N) is 1. The van der Waals surface area contributed by atoms with Crippen LogP contribution in [0.25, 0.3) is 0 Å². The minimum absolute atomic E-state index is 0.0638. The van der Waals surface area contributed by atoms with Gasteiger partial charge in [-0.1, -0.05) is 0 Å². The SMILES string of the molecule is Nc1c(F)cc(F)cc1NCCc1ccncc1. The number of hydrogen-bond donors (Lipinski definition) is 2. The number of pyridine rings is 1. The van der Waals surface area contributed by atoms with Crippen LogP contribution in [0.2, 0.25) is 0 Å². The summed E-state index contributed by atoms with van der Waals surface area (Å²) in [6.07, 6.45) is 4.12. The van der Waals surface area contributed by atoms with Crippen molar-refractivity contribution in [2.75, 3.05) is 17.6 Å². The normalized spacial score (nSPS) is 10.3. The Morgan fingerprint density at radius 1 is 1.17 bits per heavy atom. The Balaban J connectivity index is 1.99. The van der Waals surface area contributed by atoms with E-state index in [1.807, 2.05) is 12.1 Å². The highest BCUT2D eigenvalue weighted by molar-refractivity contribution is 5.66. The van der Waals surface area contributed by atoms with Crippen LogP contribution in [0.1, 0.15) is 5.56 Å². The Morgan fingerprint density at radius 3 is 2.61 bits per heavy atom. The van der Waals surface area contributed by atoms with Gasteiger partial charge in [0.1, 0.15) is 5.82 Å². The van der Waals surface area contributed by atoms with Crippen LogP contribution in [0.5, 0.6) is 0 Å². The molecule has 5 heteroatoms. The number of halogens is 2. The maximum absolute atomic E-state index is 13.2. The molecule has 0 radical (unpaired) electrons. The number of nitrogens with zero attached hydrogens (tertiary/aromatic N) is 1. The molecular formula is C13H13F2N3. The number of rotatable bonds is 4. The molecule has 0 aliphatic rings. The largest absolute Gasteiger partial charge is 0.395 e. The summed E-state index contributed by atoms with van der Waals surface area (Å²) in [5, 5.41) is 2.92. The van der Waals surface area contributed by atoms with Crippen molar-refractivity contribution in [1.29, 1.82) is 0 Å². The van der Waals surface area contributed by atoms with Crippen molar-refractivity contribution in [2.45, 2.75) is 6.42 Å². The Bertz CT molecular complexity index is 529. The van der Waals surface area contributed by atoms with E-state index >= 15 is 0 Å². The van der Waals surface area contributed by atoms with Crippen LogP contribution >= 0.6 is 0 Å². The molecule has 94 valence electrons. The lowest BCUT2D eigenvalue weighted by atomic mass is 10.2. The molecule has 0 bridgehead atoms. The molecule has 2 aromatic rings. The van der Waals surface area contributed by atoms with Crippen LogP contribution in [-0.2, 0) is 6.42 Å². The minimum Gasteiger partial charge on any atom is -0.395 e. The second-order valence-corrected chi connectivity index (χ2v) is 3.88. The monoisotopic (exact) mass is 249 g/mol. The number of anilines is 2. The van der Waals surface area contributed by atoms with Gasteiger partial charge in [-0.25, -0.2) is 8.78 Å². The van der Waals surface area contributed by atoms with Gasteiger partial charge in [-0.15, -0.1) is 0 Å². The third kappa shape index (κ3) is 2.94. The fourth-order valence-electron chi connectivity index (χ4n) is 1.62. The van der Waals surface area contributed by atoms with Gasteiger partial charge in [0.2, 0.25) is 0 Å². The van der Waals surface area contributed by atoms with E-state index < -0.39 is 11.6 Å². The fraction of sp³-hybridized carbons (Fsp3) is 0.154. The first kappa shape index (κ1) is 12.3. The molecule has 0 saturated heterocycles. The van der Waals surface area contributed by atoms with Gasteiger partial charge in [0.05, 0.1) is 11.4 Å². The molecule has 0 aliphatic heterocycles. The first-order chi connectivity index (χ1) is 8.66. The van der Waals surface area contributed by atoms with Crippen molar-refractivity contribution in [3.63, 3.8) is 0 Å². The highest BCUT2D eigenvalue weighted by atomic mass is 19.1. The summed E-state index contributed by atoms with van der Waals surface area (Å²) >= 11 is 0. The minimum atomic E-state index is -0.749. The van der Waals surface area contributed by atoms with Crippen LogP contribution in [0.4, 0.5) is 20.2 Å². The summed E-state index contributed by atoms with van der Waals surface area (Å²) in [5.74, 6) is -1.39. The van der Waals surface area contributed by atoms with Crippen LogP contribution in [0.15, 0.2) is 36.7 Å². The van der Waals surface area contributed by atoms with Crippen LogP contribution in [0.3, 0.4) is 0 Å². The smallest absolute Gasteiger partial charge is 0.151 e. The quantitative estimate of drug-likeness (QED) is 0.819. The molecule has 1 aromatic heterocycles. The molecule has 2 rings (SSSR count). The predicted octanol–water partition coefficient (Wildman–Crippen LogP) is 2.60. The van der Waals surface area contributed by atoms with E-state index in [2.05, 4.69) is 10.3 Å². The third-order valence-electron chi connectivity index (χ3n) is 2.57. The van der Waals surface area contributed by atoms with Crippen LogP contribution in [-0.4, -0.2) is 11.5 Å². The van der Waals surface area contributed by atoms with E-state index in [0.29, 0.717) is 6.54 Å². The van der Waals surface area contributed by atoms with Gasteiger partial charge in [0.15, 0.2) is 5.82 Å². The van der Waals surface area contributed by atoms with E-state index in [4.69, 9.17) is 5.73 Å². The van der Waals surface area contributed by atoms with Crippen molar-refractivity contribution in [3.8, 4) is 0 Å². The summed E-state index contributed by atoms with van der Waals surface area (Å²) in [6.45, 7) is 0.539. The van der Waals surface area contributed by atoms with Crippen molar-refractivity contribution < 1.29 is 8.78 Å². The van der Waals surface area contributed by atoms with E-state index in [-0.39, 0.29) is 11.4 Å². The highest BCUT2D eigenvalue weighted by Gasteiger charge is 2.07. The molecule has 0 unspecified atom stereocenters. The van der Waals surface area contributed by atoms with Gasteiger partial charge in [0, 0.05) is 25.0 Å². The van der Waals surface area contributed by atoms with E-state index in [1.165, 1.54) is 6.07 Å². The van der Waals surface area contributed by atoms with Crippen molar-refractivity contribution >= 4 is 11.4 Å². The molecule has 1 aromatic carbocycles. The molecule has 1 heterocycles. The zero-order chi connectivity index (χ0) is 13.0. The molecule has 0 atom stereocenters. The van der Waals surface area contributed by atoms with E-state index in [9.17, 15) is 8.78 Å². The van der Waals surface area contributed by atoms with Gasteiger partial charge in [-0.05, 0) is 30.2 Å². The zero-order valence-electron chi connectivity index (χ0n) is 9.66. The predicted molar refractivity (Wildman–Crippen MR) is 67.2 cm³/mol. The first-order valence-electron chi connectivity index (χ1n) is 5.54. The topological polar surface area (TPSA) is 50.9 Å². The summed E-state index contributed by atoms with van der Waals surface area (Å²) in [5.41, 5.74) is 6.82. The summed E-state index contributed by atoms with van der Waals surface area (Å²) in [4.78, 5) is 3.91. The van der Waals surface area contributed by atoms with Gasteiger partial charge in [-0.2, -0.15) is 0 Å². The van der Waals surface area contributed by atoms with E-state index in [0.717, 1.165) is 18.1 Å². The number of nitrogens with two attached hydrogens (primary N) is 1. The lowest BCUT2D eigenvalue weighted by Crippen LogP contribution is -2.08. The summed E-state index contributed by atoms with van der Waals surface area (Å²) < 4.78 is 26.2. The molecule has 3 nitrogen and oxygen atoms in total. The number of hydrogen-bond acceptors (Lipinski definition) is 3. The Labute approximate surface area is 104 Å². The van der Waals surface area contributed by atoms with Gasteiger partial charge in [0.25, 0.3) is 0 Å². The summed E-state index contributed by atoms with van der Waals surface area (Å²) in [6, 6.07) is 5.72. The summed E-state index contributed by atoms with van der Waals surface area (Å²) in [7, 11) is 0. The molecule has 18 heavy (non-hydrogen) atoms. The van der Waals surface area contributed by atoms with Crippen LogP contribution in [0, 0.1) is 11.6 Å². The number of aromatic nitrogens is 1. The van der Waals surface area contributed by atoms with Gasteiger partial charge >= 0.3 is 0 Å². The van der Waals surface area contributed by atoms with Crippen molar-refractivity contribution in [3.05, 3.63) is 53.9 Å². The molecular weight excluding hydrogens is 236 g/mol. The van der Waals surface area contributed by atoms with Gasteiger partial charge < -0.3 is 11.1 Å². The standard InChI is InChI=1S/C13H13F2N3/c14-10-7-11(15)13(16)12(8-10)18-6-3-9-1-4-17-5-2-9/h1-2,4-5,7-8,18H,3,6,16H2. The Hall–Kier alpha value is -2.17. The Morgan fingerprint density at radius 2 is 1.89 bits per heavy atom. The number of benzene rings is 1. The lowest BCUT2D eigenvalue weighted by Gasteiger charge is -2.10.